The van der Waals surface area contributed by atoms with Gasteiger partial charge in [0.1, 0.15) is 0 Å². The average Bonchev–Trinajstić information content (AvgIpc) is 2.35. The molecule has 0 saturated heterocycles. The van der Waals surface area contributed by atoms with Gasteiger partial charge in [-0.1, -0.05) is 0 Å². The Balaban J connectivity index is 3.27. The number of phenolic OH excluding ortho intramolecular Hbond substituents is 1. The number of aromatic hydroxyl groups is 1. The average molecular weight is 323 g/mol. The number of benzene rings is 1. The van der Waals surface area contributed by atoms with E-state index in [2.05, 4.69) is 20.7 Å². The van der Waals surface area contributed by atoms with Gasteiger partial charge in [-0.2, -0.15) is 4.39 Å². The summed E-state index contributed by atoms with van der Waals surface area (Å²) >= 11 is 2.91. The highest BCUT2D eigenvalue weighted by atomic mass is 79.9. The van der Waals surface area contributed by atoms with Crippen LogP contribution in [0.3, 0.4) is 0 Å². The molecule has 0 heterocycles. The Morgan fingerprint density at radius 2 is 2.22 bits per heavy atom. The highest BCUT2D eigenvalue weighted by Gasteiger charge is 2.27. The molecule has 0 bridgehead atoms. The molecule has 7 heteroatoms. The highest BCUT2D eigenvalue weighted by Crippen LogP contribution is 2.39. The zero-order valence-corrected chi connectivity index (χ0v) is 11.3. The van der Waals surface area contributed by atoms with E-state index in [1.165, 1.54) is 6.07 Å². The fourth-order valence-electron chi connectivity index (χ4n) is 1.37. The second-order valence-corrected chi connectivity index (χ2v) is 4.15. The van der Waals surface area contributed by atoms with Crippen LogP contribution in [0.15, 0.2) is 10.5 Å². The van der Waals surface area contributed by atoms with Gasteiger partial charge < -0.3 is 19.7 Å². The van der Waals surface area contributed by atoms with Gasteiger partial charge in [-0.15, -0.1) is 0 Å². The van der Waals surface area contributed by atoms with Crippen molar-refractivity contribution < 1.29 is 28.9 Å². The van der Waals surface area contributed by atoms with E-state index in [0.29, 0.717) is 0 Å². The molecule has 0 aliphatic rings. The molecular weight excluding hydrogens is 311 g/mol. The Hall–Kier alpha value is -1.34. The second-order valence-electron chi connectivity index (χ2n) is 3.30. The lowest BCUT2D eigenvalue weighted by atomic mass is 10.1. The van der Waals surface area contributed by atoms with Crippen molar-refractivity contribution in [1.82, 2.24) is 0 Å². The maximum absolute atomic E-state index is 13.7. The van der Waals surface area contributed by atoms with E-state index in [0.717, 1.165) is 7.11 Å². The zero-order chi connectivity index (χ0) is 13.9. The van der Waals surface area contributed by atoms with Crippen molar-refractivity contribution in [3.05, 3.63) is 21.9 Å². The summed E-state index contributed by atoms with van der Waals surface area (Å²) in [5.74, 6) is -3.05. The van der Waals surface area contributed by atoms with Crippen LogP contribution in [0.1, 0.15) is 18.6 Å². The lowest BCUT2D eigenvalue weighted by Gasteiger charge is -2.15. The Labute approximate surface area is 111 Å². The number of rotatable bonds is 4. The first-order valence-corrected chi connectivity index (χ1v) is 5.82. The Morgan fingerprint density at radius 3 is 2.72 bits per heavy atom. The molecule has 1 atom stereocenters. The zero-order valence-electron chi connectivity index (χ0n) is 9.74. The first-order chi connectivity index (χ1) is 8.43. The fourth-order valence-corrected chi connectivity index (χ4v) is 1.79. The summed E-state index contributed by atoms with van der Waals surface area (Å²) in [6, 6.07) is 1.19. The smallest absolute Gasteiger partial charge is 0.339 e. The number of carbonyl (C=O) groups excluding carboxylic acids is 1. The fraction of sp³-hybridized carbons (Fsp3) is 0.364. The quantitative estimate of drug-likeness (QED) is 0.828. The first-order valence-electron chi connectivity index (χ1n) is 5.03. The van der Waals surface area contributed by atoms with E-state index in [4.69, 9.17) is 4.74 Å². The summed E-state index contributed by atoms with van der Waals surface area (Å²) in [4.78, 5) is 11.4. The predicted molar refractivity (Wildman–Crippen MR) is 63.9 cm³/mol. The third-order valence-corrected chi connectivity index (χ3v) is 2.79. The largest absolute Gasteiger partial charge is 0.504 e. The molecule has 1 aromatic carbocycles. The van der Waals surface area contributed by atoms with Crippen molar-refractivity contribution in [2.24, 2.45) is 0 Å². The molecular formula is C11H12BrFO5. The van der Waals surface area contributed by atoms with Crippen LogP contribution in [0.5, 0.6) is 11.5 Å². The minimum atomic E-state index is -1.69. The standard InChI is InChI=1S/C11H12BrFO5/c1-3-18-11(16)8(14)5-4-6(12)9(15)7(13)10(5)17-2/h4,8,14-15H,3H2,1-2H3. The number of methoxy groups -OCH3 is 1. The van der Waals surface area contributed by atoms with Crippen molar-refractivity contribution in [3.8, 4) is 11.5 Å². The molecule has 1 unspecified atom stereocenters. The van der Waals surface area contributed by atoms with Crippen LogP contribution >= 0.6 is 15.9 Å². The summed E-state index contributed by atoms with van der Waals surface area (Å²) in [5.41, 5.74) is -0.127. The van der Waals surface area contributed by atoms with Crippen molar-refractivity contribution in [2.75, 3.05) is 13.7 Å². The van der Waals surface area contributed by atoms with Crippen molar-refractivity contribution in [3.63, 3.8) is 0 Å². The van der Waals surface area contributed by atoms with Crippen LogP contribution in [0.4, 0.5) is 4.39 Å². The lowest BCUT2D eigenvalue weighted by molar-refractivity contribution is -0.153. The van der Waals surface area contributed by atoms with Crippen molar-refractivity contribution >= 4 is 21.9 Å². The summed E-state index contributed by atoms with van der Waals surface area (Å²) in [6.45, 7) is 1.66. The van der Waals surface area contributed by atoms with Crippen molar-refractivity contribution in [2.45, 2.75) is 13.0 Å². The molecule has 0 aliphatic carbocycles. The number of esters is 1. The Kier molecular flexibility index (Phi) is 4.92. The van der Waals surface area contributed by atoms with Gasteiger partial charge in [0.2, 0.25) is 5.82 Å². The van der Waals surface area contributed by atoms with Gasteiger partial charge in [0.05, 0.1) is 18.2 Å². The van der Waals surface area contributed by atoms with Gasteiger partial charge in [-0.05, 0) is 28.9 Å². The number of phenols is 1. The van der Waals surface area contributed by atoms with Gasteiger partial charge in [0.25, 0.3) is 0 Å². The molecule has 1 aromatic rings. The van der Waals surface area contributed by atoms with Crippen LogP contribution in [0, 0.1) is 5.82 Å². The minimum Gasteiger partial charge on any atom is -0.504 e. The number of hydrogen-bond acceptors (Lipinski definition) is 5. The van der Waals surface area contributed by atoms with Crippen LogP contribution in [-0.4, -0.2) is 29.9 Å². The van der Waals surface area contributed by atoms with E-state index in [1.807, 2.05) is 0 Å². The highest BCUT2D eigenvalue weighted by molar-refractivity contribution is 9.10. The molecule has 18 heavy (non-hydrogen) atoms. The van der Waals surface area contributed by atoms with E-state index in [9.17, 15) is 19.4 Å². The molecule has 0 saturated carbocycles. The molecule has 0 spiro atoms. The van der Waals surface area contributed by atoms with Gasteiger partial charge in [0.15, 0.2) is 17.6 Å². The van der Waals surface area contributed by atoms with Crippen LogP contribution < -0.4 is 4.74 Å². The number of aliphatic hydroxyl groups is 1. The molecule has 5 nitrogen and oxygen atoms in total. The summed E-state index contributed by atoms with van der Waals surface area (Å²) in [7, 11) is 1.16. The third kappa shape index (κ3) is 2.73. The van der Waals surface area contributed by atoms with Crippen molar-refractivity contribution in [1.29, 1.82) is 0 Å². The van der Waals surface area contributed by atoms with Crippen LogP contribution in [-0.2, 0) is 9.53 Å². The van der Waals surface area contributed by atoms with Gasteiger partial charge in [-0.3, -0.25) is 0 Å². The molecule has 0 aromatic heterocycles. The van der Waals surface area contributed by atoms with Gasteiger partial charge >= 0.3 is 5.97 Å². The molecule has 0 aliphatic heterocycles. The van der Waals surface area contributed by atoms with Crippen LogP contribution in [0.25, 0.3) is 0 Å². The number of aliphatic hydroxyl groups excluding tert-OH is 1. The first kappa shape index (κ1) is 14.7. The van der Waals surface area contributed by atoms with E-state index in [1.54, 1.807) is 6.92 Å². The number of ether oxygens (including phenoxy) is 2. The maximum Gasteiger partial charge on any atom is 0.339 e. The van der Waals surface area contributed by atoms with E-state index >= 15 is 0 Å². The third-order valence-electron chi connectivity index (χ3n) is 2.19. The summed E-state index contributed by atoms with van der Waals surface area (Å²) < 4.78 is 23.0. The number of carbonyl (C=O) groups is 1. The molecule has 0 amide bonds. The molecule has 0 radical (unpaired) electrons. The van der Waals surface area contributed by atoms with Crippen LogP contribution in [0.2, 0.25) is 0 Å². The molecule has 0 fully saturated rings. The summed E-state index contributed by atoms with van der Waals surface area (Å²) in [5, 5.41) is 19.1. The van der Waals surface area contributed by atoms with Gasteiger partial charge in [0, 0.05) is 5.56 Å². The SMILES string of the molecule is CCOC(=O)C(O)c1cc(Br)c(O)c(F)c1OC. The number of hydrogen-bond donors (Lipinski definition) is 2. The predicted octanol–water partition coefficient (Wildman–Crippen LogP) is 1.90. The normalized spacial score (nSPS) is 12.1. The maximum atomic E-state index is 13.7. The summed E-state index contributed by atoms with van der Waals surface area (Å²) in [6.07, 6.45) is -1.69. The molecule has 100 valence electrons. The number of halogens is 2. The van der Waals surface area contributed by atoms with Gasteiger partial charge in [-0.25, -0.2) is 4.79 Å². The monoisotopic (exact) mass is 322 g/mol. The Bertz CT molecular complexity index is 463. The topological polar surface area (TPSA) is 76.0 Å². The molecule has 2 N–H and O–H groups in total. The Morgan fingerprint density at radius 1 is 1.61 bits per heavy atom. The molecule has 1 rings (SSSR count). The minimum absolute atomic E-state index is 0.000788. The van der Waals surface area contributed by atoms with E-state index in [-0.39, 0.29) is 16.6 Å². The lowest BCUT2D eigenvalue weighted by Crippen LogP contribution is -2.16. The van der Waals surface area contributed by atoms with E-state index < -0.39 is 29.4 Å². The second kappa shape index (κ2) is 6.01.